The minimum atomic E-state index is -0.922. The number of pyridine rings is 1. The number of aliphatic hydroxyl groups is 1. The van der Waals surface area contributed by atoms with Crippen LogP contribution in [0.1, 0.15) is 38.1 Å². The van der Waals surface area contributed by atoms with Gasteiger partial charge in [0, 0.05) is 18.8 Å². The van der Waals surface area contributed by atoms with Crippen LogP contribution in [-0.2, 0) is 0 Å². The third-order valence-corrected chi connectivity index (χ3v) is 3.14. The Bertz CT molecular complexity index is 413. The predicted octanol–water partition coefficient (Wildman–Crippen LogP) is 1.62. The molecule has 2 N–H and O–H groups in total. The standard InChI is InChI=1S/C14H22N2O3/c1-5-19-12-7-6-11(8-15-12)13(17)16-9-14(4,18)10(2)3/h6-8,10,18H,5,9H2,1-4H3,(H,16,17). The highest BCUT2D eigenvalue weighted by Crippen LogP contribution is 2.15. The van der Waals surface area contributed by atoms with Crippen molar-refractivity contribution < 1.29 is 14.6 Å². The fourth-order valence-electron chi connectivity index (χ4n) is 1.31. The van der Waals surface area contributed by atoms with Crippen LogP contribution in [0.25, 0.3) is 0 Å². The predicted molar refractivity (Wildman–Crippen MR) is 73.2 cm³/mol. The number of nitrogens with zero attached hydrogens (tertiary/aromatic N) is 1. The van der Waals surface area contributed by atoms with Gasteiger partial charge in [-0.1, -0.05) is 13.8 Å². The Morgan fingerprint density at radius 2 is 2.21 bits per heavy atom. The van der Waals surface area contributed by atoms with E-state index >= 15 is 0 Å². The topological polar surface area (TPSA) is 71.5 Å². The van der Waals surface area contributed by atoms with E-state index in [-0.39, 0.29) is 18.4 Å². The molecule has 19 heavy (non-hydrogen) atoms. The van der Waals surface area contributed by atoms with Crippen LogP contribution in [0.2, 0.25) is 0 Å². The fourth-order valence-corrected chi connectivity index (χ4v) is 1.31. The summed E-state index contributed by atoms with van der Waals surface area (Å²) in [7, 11) is 0. The van der Waals surface area contributed by atoms with Crippen LogP contribution >= 0.6 is 0 Å². The first-order valence-electron chi connectivity index (χ1n) is 6.46. The van der Waals surface area contributed by atoms with Crippen LogP contribution in [-0.4, -0.2) is 34.8 Å². The molecule has 1 amide bonds. The summed E-state index contributed by atoms with van der Waals surface area (Å²) in [6, 6.07) is 3.30. The van der Waals surface area contributed by atoms with Gasteiger partial charge >= 0.3 is 0 Å². The number of carbonyl (C=O) groups is 1. The lowest BCUT2D eigenvalue weighted by Crippen LogP contribution is -2.44. The SMILES string of the molecule is CCOc1ccc(C(=O)NCC(C)(O)C(C)C)cn1. The van der Waals surface area contributed by atoms with Crippen molar-refractivity contribution >= 4 is 5.91 Å². The second-order valence-corrected chi connectivity index (χ2v) is 5.01. The number of ether oxygens (including phenoxy) is 1. The Hall–Kier alpha value is -1.62. The van der Waals surface area contributed by atoms with Crippen LogP contribution in [0.15, 0.2) is 18.3 Å². The molecule has 0 aromatic carbocycles. The van der Waals surface area contributed by atoms with Crippen molar-refractivity contribution in [2.24, 2.45) is 5.92 Å². The molecule has 0 saturated heterocycles. The Balaban J connectivity index is 2.59. The molecule has 1 rings (SSSR count). The van der Waals surface area contributed by atoms with E-state index in [1.54, 1.807) is 19.1 Å². The lowest BCUT2D eigenvalue weighted by Gasteiger charge is -2.27. The average Bonchev–Trinajstić information content (AvgIpc) is 2.37. The van der Waals surface area contributed by atoms with Gasteiger partial charge in [-0.2, -0.15) is 0 Å². The largest absolute Gasteiger partial charge is 0.478 e. The smallest absolute Gasteiger partial charge is 0.252 e. The van der Waals surface area contributed by atoms with Crippen molar-refractivity contribution in [1.29, 1.82) is 0 Å². The van der Waals surface area contributed by atoms with Crippen LogP contribution in [0, 0.1) is 5.92 Å². The molecule has 0 fully saturated rings. The molecule has 0 aliphatic heterocycles. The summed E-state index contributed by atoms with van der Waals surface area (Å²) in [6.07, 6.45) is 1.46. The van der Waals surface area contributed by atoms with Gasteiger partial charge in [-0.15, -0.1) is 0 Å². The number of aromatic nitrogens is 1. The Morgan fingerprint density at radius 1 is 1.53 bits per heavy atom. The maximum absolute atomic E-state index is 11.9. The number of amides is 1. The molecule has 1 unspecified atom stereocenters. The number of hydrogen-bond acceptors (Lipinski definition) is 4. The van der Waals surface area contributed by atoms with E-state index in [0.717, 1.165) is 0 Å². The third-order valence-electron chi connectivity index (χ3n) is 3.14. The molecule has 0 bridgehead atoms. The molecule has 0 aliphatic carbocycles. The zero-order chi connectivity index (χ0) is 14.5. The van der Waals surface area contributed by atoms with Crippen molar-refractivity contribution in [2.75, 3.05) is 13.2 Å². The number of nitrogens with one attached hydrogen (secondary N) is 1. The van der Waals surface area contributed by atoms with E-state index in [0.29, 0.717) is 18.1 Å². The van der Waals surface area contributed by atoms with Crippen LogP contribution in [0.4, 0.5) is 0 Å². The summed E-state index contributed by atoms with van der Waals surface area (Å²) in [6.45, 7) is 8.13. The van der Waals surface area contributed by atoms with Gasteiger partial charge in [0.25, 0.3) is 5.91 Å². The highest BCUT2D eigenvalue weighted by molar-refractivity contribution is 5.93. The van der Waals surface area contributed by atoms with Gasteiger partial charge in [-0.05, 0) is 25.8 Å². The Morgan fingerprint density at radius 3 is 2.68 bits per heavy atom. The van der Waals surface area contributed by atoms with Gasteiger partial charge < -0.3 is 15.2 Å². The van der Waals surface area contributed by atoms with Crippen LogP contribution in [0.5, 0.6) is 5.88 Å². The van der Waals surface area contributed by atoms with Crippen molar-refractivity contribution in [3.05, 3.63) is 23.9 Å². The van der Waals surface area contributed by atoms with Gasteiger partial charge in [0.1, 0.15) is 0 Å². The van der Waals surface area contributed by atoms with E-state index < -0.39 is 5.60 Å². The molecule has 0 aliphatic rings. The first kappa shape index (κ1) is 15.4. The first-order chi connectivity index (χ1) is 8.86. The minimum absolute atomic E-state index is 0.0613. The van der Waals surface area contributed by atoms with E-state index in [9.17, 15) is 9.90 Å². The third kappa shape index (κ3) is 4.52. The highest BCUT2D eigenvalue weighted by atomic mass is 16.5. The summed E-state index contributed by atoms with van der Waals surface area (Å²) in [5.41, 5.74) is -0.475. The maximum Gasteiger partial charge on any atom is 0.252 e. The summed E-state index contributed by atoms with van der Waals surface area (Å²) >= 11 is 0. The molecule has 1 aromatic heterocycles. The van der Waals surface area contributed by atoms with Gasteiger partial charge in [0.05, 0.1) is 17.8 Å². The van der Waals surface area contributed by atoms with E-state index in [1.807, 2.05) is 20.8 Å². The number of carbonyl (C=O) groups excluding carboxylic acids is 1. The monoisotopic (exact) mass is 266 g/mol. The zero-order valence-corrected chi connectivity index (χ0v) is 11.9. The summed E-state index contributed by atoms with van der Waals surface area (Å²) in [5, 5.41) is 12.8. The molecule has 0 saturated carbocycles. The molecule has 0 spiro atoms. The van der Waals surface area contributed by atoms with E-state index in [1.165, 1.54) is 6.20 Å². The van der Waals surface area contributed by atoms with Crippen LogP contribution < -0.4 is 10.1 Å². The molecule has 1 atom stereocenters. The van der Waals surface area contributed by atoms with Crippen molar-refractivity contribution in [3.8, 4) is 5.88 Å². The molecule has 1 heterocycles. The fraction of sp³-hybridized carbons (Fsp3) is 0.571. The van der Waals surface area contributed by atoms with Crippen molar-refractivity contribution in [1.82, 2.24) is 10.3 Å². The molecule has 0 radical (unpaired) electrons. The number of hydrogen-bond donors (Lipinski definition) is 2. The molecule has 1 aromatic rings. The second-order valence-electron chi connectivity index (χ2n) is 5.01. The van der Waals surface area contributed by atoms with E-state index in [2.05, 4.69) is 10.3 Å². The van der Waals surface area contributed by atoms with Gasteiger partial charge in [0.2, 0.25) is 5.88 Å². The molecular weight excluding hydrogens is 244 g/mol. The van der Waals surface area contributed by atoms with Gasteiger partial charge in [-0.25, -0.2) is 4.98 Å². The summed E-state index contributed by atoms with van der Waals surface area (Å²) < 4.78 is 5.20. The lowest BCUT2D eigenvalue weighted by atomic mass is 9.92. The number of rotatable bonds is 6. The Labute approximate surface area is 114 Å². The van der Waals surface area contributed by atoms with Gasteiger partial charge in [0.15, 0.2) is 0 Å². The lowest BCUT2D eigenvalue weighted by molar-refractivity contribution is 0.0142. The second kappa shape index (κ2) is 6.52. The first-order valence-corrected chi connectivity index (χ1v) is 6.46. The summed E-state index contributed by atoms with van der Waals surface area (Å²) in [5.74, 6) is 0.302. The molecule has 106 valence electrons. The minimum Gasteiger partial charge on any atom is -0.478 e. The van der Waals surface area contributed by atoms with Crippen molar-refractivity contribution in [2.45, 2.75) is 33.3 Å². The average molecular weight is 266 g/mol. The zero-order valence-electron chi connectivity index (χ0n) is 11.9. The Kier molecular flexibility index (Phi) is 5.30. The molecule has 5 nitrogen and oxygen atoms in total. The maximum atomic E-state index is 11.9. The quantitative estimate of drug-likeness (QED) is 0.820. The van der Waals surface area contributed by atoms with Gasteiger partial charge in [-0.3, -0.25) is 4.79 Å². The van der Waals surface area contributed by atoms with Crippen LogP contribution in [0.3, 0.4) is 0 Å². The highest BCUT2D eigenvalue weighted by Gasteiger charge is 2.25. The molecular formula is C14H22N2O3. The van der Waals surface area contributed by atoms with Crippen molar-refractivity contribution in [3.63, 3.8) is 0 Å². The normalized spacial score (nSPS) is 14.0. The molecule has 5 heteroatoms. The summed E-state index contributed by atoms with van der Waals surface area (Å²) in [4.78, 5) is 15.9. The van der Waals surface area contributed by atoms with E-state index in [4.69, 9.17) is 4.74 Å².